The van der Waals surface area contributed by atoms with E-state index >= 15 is 0 Å². The summed E-state index contributed by atoms with van der Waals surface area (Å²) in [5.41, 5.74) is 10.6. The number of hydrogen-bond acceptors (Lipinski definition) is 3. The molecule has 0 spiro atoms. The zero-order valence-electron chi connectivity index (χ0n) is 11.3. The van der Waals surface area contributed by atoms with Gasteiger partial charge < -0.3 is 10.5 Å². The molecule has 0 saturated carbocycles. The second-order valence-electron chi connectivity index (χ2n) is 4.54. The number of methoxy groups -OCH3 is 1. The van der Waals surface area contributed by atoms with Gasteiger partial charge in [-0.2, -0.15) is 0 Å². The molecule has 1 aromatic heterocycles. The van der Waals surface area contributed by atoms with Crippen LogP contribution in [0.4, 0.5) is 0 Å². The molecule has 100 valence electrons. The van der Waals surface area contributed by atoms with Gasteiger partial charge in [-0.15, -0.1) is 0 Å². The maximum atomic E-state index is 6.34. The van der Waals surface area contributed by atoms with Crippen molar-refractivity contribution in [2.75, 3.05) is 7.11 Å². The molecule has 19 heavy (non-hydrogen) atoms. The standard InChI is InChI=1S/C15H17BrN2O/c1-9-4-5-13(15(19-3)10(9)2)14(17)11-6-12(16)8-18-7-11/h4-8,14H,17H2,1-3H3. The van der Waals surface area contributed by atoms with E-state index in [0.29, 0.717) is 0 Å². The zero-order valence-corrected chi connectivity index (χ0v) is 12.9. The van der Waals surface area contributed by atoms with Crippen LogP contribution in [-0.4, -0.2) is 12.1 Å². The lowest BCUT2D eigenvalue weighted by Gasteiger charge is -2.19. The number of aromatic nitrogens is 1. The summed E-state index contributed by atoms with van der Waals surface area (Å²) in [6.07, 6.45) is 3.53. The largest absolute Gasteiger partial charge is 0.496 e. The zero-order chi connectivity index (χ0) is 14.0. The van der Waals surface area contributed by atoms with Crippen LogP contribution in [0.2, 0.25) is 0 Å². The number of nitrogens with zero attached hydrogens (tertiary/aromatic N) is 1. The van der Waals surface area contributed by atoms with Crippen LogP contribution >= 0.6 is 15.9 Å². The normalized spacial score (nSPS) is 12.3. The van der Waals surface area contributed by atoms with Crippen LogP contribution in [0, 0.1) is 13.8 Å². The van der Waals surface area contributed by atoms with Gasteiger partial charge in [0.2, 0.25) is 0 Å². The van der Waals surface area contributed by atoms with Gasteiger partial charge in [-0.25, -0.2) is 0 Å². The Bertz CT molecular complexity index is 599. The summed E-state index contributed by atoms with van der Waals surface area (Å²) >= 11 is 3.42. The quantitative estimate of drug-likeness (QED) is 0.941. The molecule has 0 amide bonds. The van der Waals surface area contributed by atoms with Gasteiger partial charge in [-0.05, 0) is 52.5 Å². The molecule has 1 atom stereocenters. The van der Waals surface area contributed by atoms with Gasteiger partial charge in [0.15, 0.2) is 0 Å². The highest BCUT2D eigenvalue weighted by Crippen LogP contribution is 2.33. The van der Waals surface area contributed by atoms with Crippen molar-refractivity contribution in [3.8, 4) is 5.75 Å². The van der Waals surface area contributed by atoms with Crippen molar-refractivity contribution >= 4 is 15.9 Å². The molecule has 2 aromatic rings. The average molecular weight is 321 g/mol. The molecule has 0 fully saturated rings. The average Bonchev–Trinajstić information content (AvgIpc) is 2.41. The Labute approximate surface area is 121 Å². The highest BCUT2D eigenvalue weighted by molar-refractivity contribution is 9.10. The SMILES string of the molecule is COc1c(C(N)c2cncc(Br)c2)ccc(C)c1C. The minimum absolute atomic E-state index is 0.251. The third-order valence-corrected chi connectivity index (χ3v) is 3.77. The van der Waals surface area contributed by atoms with E-state index in [-0.39, 0.29) is 6.04 Å². The van der Waals surface area contributed by atoms with E-state index in [4.69, 9.17) is 10.5 Å². The molecule has 4 heteroatoms. The molecular formula is C15H17BrN2O. The highest BCUT2D eigenvalue weighted by atomic mass is 79.9. The Morgan fingerprint density at radius 3 is 2.63 bits per heavy atom. The van der Waals surface area contributed by atoms with E-state index in [1.807, 2.05) is 19.1 Å². The van der Waals surface area contributed by atoms with Crippen LogP contribution in [0.1, 0.15) is 28.3 Å². The van der Waals surface area contributed by atoms with Gasteiger partial charge >= 0.3 is 0 Å². The Balaban J connectivity index is 2.50. The maximum Gasteiger partial charge on any atom is 0.127 e. The first kappa shape index (κ1) is 14.0. The lowest BCUT2D eigenvalue weighted by atomic mass is 9.96. The van der Waals surface area contributed by atoms with Crippen LogP contribution in [0.15, 0.2) is 35.1 Å². The number of hydrogen-bond donors (Lipinski definition) is 1. The van der Waals surface area contributed by atoms with Crippen LogP contribution < -0.4 is 10.5 Å². The molecule has 2 rings (SSSR count). The fourth-order valence-electron chi connectivity index (χ4n) is 2.10. The van der Waals surface area contributed by atoms with E-state index < -0.39 is 0 Å². The number of pyridine rings is 1. The smallest absolute Gasteiger partial charge is 0.127 e. The van der Waals surface area contributed by atoms with E-state index in [0.717, 1.165) is 26.9 Å². The number of nitrogens with two attached hydrogens (primary N) is 1. The predicted octanol–water partition coefficient (Wildman–Crippen LogP) is 3.52. The number of rotatable bonds is 3. The third-order valence-electron chi connectivity index (χ3n) is 3.33. The van der Waals surface area contributed by atoms with Crippen LogP contribution in [-0.2, 0) is 0 Å². The van der Waals surface area contributed by atoms with Gasteiger partial charge in [-0.1, -0.05) is 12.1 Å². The summed E-state index contributed by atoms with van der Waals surface area (Å²) in [6, 6.07) is 5.82. The summed E-state index contributed by atoms with van der Waals surface area (Å²) in [4.78, 5) is 4.16. The Kier molecular flexibility index (Phi) is 4.22. The molecule has 0 bridgehead atoms. The number of benzene rings is 1. The summed E-state index contributed by atoms with van der Waals surface area (Å²) < 4.78 is 6.44. The Morgan fingerprint density at radius 1 is 1.26 bits per heavy atom. The second kappa shape index (κ2) is 5.72. The topological polar surface area (TPSA) is 48.1 Å². The predicted molar refractivity (Wildman–Crippen MR) is 80.4 cm³/mol. The lowest BCUT2D eigenvalue weighted by molar-refractivity contribution is 0.404. The van der Waals surface area contributed by atoms with Crippen molar-refractivity contribution in [1.29, 1.82) is 0 Å². The lowest BCUT2D eigenvalue weighted by Crippen LogP contribution is -2.14. The molecule has 0 aliphatic heterocycles. The van der Waals surface area contributed by atoms with Crippen LogP contribution in [0.5, 0.6) is 5.75 Å². The summed E-state index contributed by atoms with van der Waals surface area (Å²) in [7, 11) is 1.68. The summed E-state index contributed by atoms with van der Waals surface area (Å²) in [6.45, 7) is 4.11. The molecule has 1 aromatic carbocycles. The fraction of sp³-hybridized carbons (Fsp3) is 0.267. The van der Waals surface area contributed by atoms with Gasteiger partial charge in [0, 0.05) is 22.4 Å². The molecule has 0 radical (unpaired) electrons. The first-order valence-corrected chi connectivity index (χ1v) is 6.84. The first-order chi connectivity index (χ1) is 9.04. The van der Waals surface area contributed by atoms with E-state index in [1.54, 1.807) is 19.5 Å². The van der Waals surface area contributed by atoms with Crippen molar-refractivity contribution in [3.05, 3.63) is 57.3 Å². The van der Waals surface area contributed by atoms with Crippen molar-refractivity contribution in [1.82, 2.24) is 4.98 Å². The maximum absolute atomic E-state index is 6.34. The van der Waals surface area contributed by atoms with Gasteiger partial charge in [0.05, 0.1) is 13.2 Å². The molecule has 1 heterocycles. The third kappa shape index (κ3) is 2.80. The van der Waals surface area contributed by atoms with E-state index in [2.05, 4.69) is 33.9 Å². The van der Waals surface area contributed by atoms with E-state index in [9.17, 15) is 0 Å². The Morgan fingerprint density at radius 2 is 2.00 bits per heavy atom. The van der Waals surface area contributed by atoms with Crippen molar-refractivity contribution in [2.45, 2.75) is 19.9 Å². The minimum atomic E-state index is -0.251. The van der Waals surface area contributed by atoms with Crippen molar-refractivity contribution < 1.29 is 4.74 Å². The number of halogens is 1. The second-order valence-corrected chi connectivity index (χ2v) is 5.46. The molecule has 3 nitrogen and oxygen atoms in total. The molecule has 1 unspecified atom stereocenters. The van der Waals surface area contributed by atoms with Crippen LogP contribution in [0.25, 0.3) is 0 Å². The number of aryl methyl sites for hydroxylation is 1. The van der Waals surface area contributed by atoms with Gasteiger partial charge in [0.25, 0.3) is 0 Å². The Hall–Kier alpha value is -1.39. The number of ether oxygens (including phenoxy) is 1. The first-order valence-electron chi connectivity index (χ1n) is 6.04. The molecule has 0 saturated heterocycles. The van der Waals surface area contributed by atoms with Gasteiger partial charge in [-0.3, -0.25) is 4.98 Å². The molecule has 0 aliphatic rings. The fourth-order valence-corrected chi connectivity index (χ4v) is 2.49. The molecule has 2 N–H and O–H groups in total. The summed E-state index contributed by atoms with van der Waals surface area (Å²) in [5.74, 6) is 0.854. The van der Waals surface area contributed by atoms with Crippen molar-refractivity contribution in [2.24, 2.45) is 5.73 Å². The van der Waals surface area contributed by atoms with E-state index in [1.165, 1.54) is 5.56 Å². The van der Waals surface area contributed by atoms with Gasteiger partial charge in [0.1, 0.15) is 5.75 Å². The minimum Gasteiger partial charge on any atom is -0.496 e. The van der Waals surface area contributed by atoms with Crippen molar-refractivity contribution in [3.63, 3.8) is 0 Å². The highest BCUT2D eigenvalue weighted by Gasteiger charge is 2.17. The van der Waals surface area contributed by atoms with Crippen LogP contribution in [0.3, 0.4) is 0 Å². The summed E-state index contributed by atoms with van der Waals surface area (Å²) in [5, 5.41) is 0. The molecule has 0 aliphatic carbocycles. The molecular weight excluding hydrogens is 304 g/mol. The monoisotopic (exact) mass is 320 g/mol.